The fourth-order valence-electron chi connectivity index (χ4n) is 0.666. The van der Waals surface area contributed by atoms with Gasteiger partial charge in [0.25, 0.3) is 0 Å². The number of carboxylic acid groups (broad SMARTS) is 1. The standard InChI is InChI=1S/C6H10O7S/c7-1(3(9)5(11)12)2(8)4(10)6(13)14/h1-4,7-10H,(H,11,12)(H,13,14)/t1-,2-,3-,4+/m0/s1. The maximum absolute atomic E-state index is 10.4. The topological polar surface area (TPSA) is 135 Å². The summed E-state index contributed by atoms with van der Waals surface area (Å²) in [6.45, 7) is 0. The van der Waals surface area contributed by atoms with Crippen LogP contribution in [0.4, 0.5) is 0 Å². The van der Waals surface area contributed by atoms with Gasteiger partial charge in [0.1, 0.15) is 12.2 Å². The molecule has 0 spiro atoms. The number of carboxylic acids is 1. The molecule has 0 aliphatic carbocycles. The Bertz CT molecular complexity index is 206. The van der Waals surface area contributed by atoms with Crippen molar-refractivity contribution in [3.8, 4) is 0 Å². The third kappa shape index (κ3) is 3.24. The molecule has 0 amide bonds. The number of hydrogen-bond acceptors (Lipinski definition) is 6. The molecule has 0 heterocycles. The van der Waals surface area contributed by atoms with Crippen LogP contribution in [0.25, 0.3) is 0 Å². The van der Waals surface area contributed by atoms with E-state index in [2.05, 4.69) is 12.6 Å². The van der Waals surface area contributed by atoms with Crippen LogP contribution in [-0.2, 0) is 9.59 Å². The van der Waals surface area contributed by atoms with Gasteiger partial charge in [0.15, 0.2) is 12.2 Å². The summed E-state index contributed by atoms with van der Waals surface area (Å²) in [7, 11) is 0. The predicted molar refractivity (Wildman–Crippen MR) is 45.7 cm³/mol. The fraction of sp³-hybridized carbons (Fsp3) is 0.667. The molecule has 5 N–H and O–H groups in total. The van der Waals surface area contributed by atoms with Gasteiger partial charge in [0.2, 0.25) is 5.12 Å². The molecule has 0 bridgehead atoms. The van der Waals surface area contributed by atoms with E-state index in [0.717, 1.165) is 0 Å². The van der Waals surface area contributed by atoms with Crippen molar-refractivity contribution in [3.63, 3.8) is 0 Å². The van der Waals surface area contributed by atoms with Gasteiger partial charge in [-0.3, -0.25) is 4.79 Å². The van der Waals surface area contributed by atoms with Crippen LogP contribution in [0.15, 0.2) is 0 Å². The maximum atomic E-state index is 10.4. The minimum Gasteiger partial charge on any atom is -0.479 e. The minimum atomic E-state index is -2.28. The van der Waals surface area contributed by atoms with E-state index in [1.54, 1.807) is 0 Å². The van der Waals surface area contributed by atoms with E-state index in [-0.39, 0.29) is 0 Å². The van der Waals surface area contributed by atoms with Crippen LogP contribution in [0.1, 0.15) is 0 Å². The molecule has 4 atom stereocenters. The van der Waals surface area contributed by atoms with Crippen LogP contribution >= 0.6 is 12.6 Å². The third-order valence-corrected chi connectivity index (χ3v) is 1.77. The van der Waals surface area contributed by atoms with E-state index in [1.165, 1.54) is 0 Å². The second-order valence-electron chi connectivity index (χ2n) is 2.55. The smallest absolute Gasteiger partial charge is 0.335 e. The summed E-state index contributed by atoms with van der Waals surface area (Å²) in [5.74, 6) is -1.78. The second-order valence-corrected chi connectivity index (χ2v) is 2.99. The highest BCUT2D eigenvalue weighted by molar-refractivity contribution is 7.96. The molecule has 7 nitrogen and oxygen atoms in total. The summed E-state index contributed by atoms with van der Waals surface area (Å²) in [5.41, 5.74) is 0. The Balaban J connectivity index is 4.45. The molecule has 0 aliphatic heterocycles. The fourth-order valence-corrected chi connectivity index (χ4v) is 0.818. The summed E-state index contributed by atoms with van der Waals surface area (Å²) >= 11 is 3.16. The van der Waals surface area contributed by atoms with Crippen molar-refractivity contribution in [2.75, 3.05) is 0 Å². The molecule has 0 radical (unpaired) electrons. The maximum Gasteiger partial charge on any atom is 0.335 e. The summed E-state index contributed by atoms with van der Waals surface area (Å²) in [6, 6.07) is 0. The first kappa shape index (κ1) is 13.3. The Morgan fingerprint density at radius 1 is 0.929 bits per heavy atom. The second kappa shape index (κ2) is 5.27. The lowest BCUT2D eigenvalue weighted by molar-refractivity contribution is -0.164. The lowest BCUT2D eigenvalue weighted by atomic mass is 10.0. The van der Waals surface area contributed by atoms with Crippen molar-refractivity contribution in [2.45, 2.75) is 24.4 Å². The molecule has 0 saturated carbocycles. The van der Waals surface area contributed by atoms with Gasteiger partial charge < -0.3 is 25.5 Å². The third-order valence-electron chi connectivity index (χ3n) is 1.50. The van der Waals surface area contributed by atoms with Crippen LogP contribution in [0, 0.1) is 0 Å². The summed E-state index contributed by atoms with van der Waals surface area (Å²) in [5, 5.41) is 42.6. The Hall–Kier alpha value is -0.670. The van der Waals surface area contributed by atoms with Crippen LogP contribution < -0.4 is 0 Å². The Morgan fingerprint density at radius 2 is 1.29 bits per heavy atom. The number of aliphatic hydroxyl groups is 4. The zero-order valence-corrected chi connectivity index (χ0v) is 7.70. The predicted octanol–water partition coefficient (Wildman–Crippen LogP) is -3.03. The number of aliphatic hydroxyl groups excluding tert-OH is 4. The number of carbonyl (C=O) groups is 2. The van der Waals surface area contributed by atoms with E-state index in [1.807, 2.05) is 0 Å². The van der Waals surface area contributed by atoms with Crippen molar-refractivity contribution < 1.29 is 35.1 Å². The summed E-state index contributed by atoms with van der Waals surface area (Å²) in [6.07, 6.45) is -8.61. The first-order chi connectivity index (χ1) is 6.29. The van der Waals surface area contributed by atoms with Gasteiger partial charge in [-0.2, -0.15) is 0 Å². The highest BCUT2D eigenvalue weighted by Gasteiger charge is 2.36. The Kier molecular flexibility index (Phi) is 5.02. The van der Waals surface area contributed by atoms with Crippen molar-refractivity contribution in [2.24, 2.45) is 0 Å². The van der Waals surface area contributed by atoms with Gasteiger partial charge in [-0.25, -0.2) is 4.79 Å². The van der Waals surface area contributed by atoms with Gasteiger partial charge in [0, 0.05) is 0 Å². The van der Waals surface area contributed by atoms with Gasteiger partial charge in [-0.05, 0) is 0 Å². The molecule has 0 saturated heterocycles. The molecular formula is C6H10O7S. The molecule has 0 aromatic heterocycles. The highest BCUT2D eigenvalue weighted by Crippen LogP contribution is 2.07. The van der Waals surface area contributed by atoms with Crippen LogP contribution in [0.5, 0.6) is 0 Å². The van der Waals surface area contributed by atoms with E-state index in [0.29, 0.717) is 0 Å². The highest BCUT2D eigenvalue weighted by atomic mass is 32.1. The van der Waals surface area contributed by atoms with Gasteiger partial charge in [-0.1, -0.05) is 0 Å². The van der Waals surface area contributed by atoms with E-state index < -0.39 is 35.5 Å². The Morgan fingerprint density at radius 3 is 1.57 bits per heavy atom. The van der Waals surface area contributed by atoms with E-state index in [9.17, 15) is 9.59 Å². The first-order valence-corrected chi connectivity index (χ1v) is 3.91. The molecule has 0 aromatic rings. The van der Waals surface area contributed by atoms with Gasteiger partial charge in [0.05, 0.1) is 0 Å². The number of aliphatic carboxylic acids is 1. The number of carbonyl (C=O) groups excluding carboxylic acids is 1. The van der Waals surface area contributed by atoms with E-state index in [4.69, 9.17) is 25.5 Å². The Labute approximate surface area is 84.0 Å². The lowest BCUT2D eigenvalue weighted by Crippen LogP contribution is -2.49. The van der Waals surface area contributed by atoms with Crippen LogP contribution in [0.2, 0.25) is 0 Å². The van der Waals surface area contributed by atoms with Crippen molar-refractivity contribution in [1.29, 1.82) is 0 Å². The zero-order valence-electron chi connectivity index (χ0n) is 6.81. The normalized spacial score (nSPS) is 19.5. The number of hydrogen-bond donors (Lipinski definition) is 6. The molecule has 0 unspecified atom stereocenters. The van der Waals surface area contributed by atoms with Gasteiger partial charge >= 0.3 is 5.97 Å². The lowest BCUT2D eigenvalue weighted by Gasteiger charge is -2.22. The molecule has 8 heteroatoms. The number of rotatable bonds is 5. The largest absolute Gasteiger partial charge is 0.479 e. The van der Waals surface area contributed by atoms with Crippen LogP contribution in [0.3, 0.4) is 0 Å². The number of thiol groups is 1. The molecule has 0 fully saturated rings. The summed E-state index contributed by atoms with van der Waals surface area (Å²) in [4.78, 5) is 20.5. The molecule has 0 aromatic carbocycles. The van der Waals surface area contributed by atoms with Crippen LogP contribution in [-0.4, -0.2) is 61.0 Å². The average molecular weight is 226 g/mol. The molecule has 0 rings (SSSR count). The molecule has 0 aliphatic rings. The monoisotopic (exact) mass is 226 g/mol. The molecular weight excluding hydrogens is 216 g/mol. The van der Waals surface area contributed by atoms with Crippen molar-refractivity contribution in [3.05, 3.63) is 0 Å². The quantitative estimate of drug-likeness (QED) is 0.274. The van der Waals surface area contributed by atoms with E-state index >= 15 is 0 Å². The van der Waals surface area contributed by atoms with Crippen molar-refractivity contribution in [1.82, 2.24) is 0 Å². The minimum absolute atomic E-state index is 1.14. The average Bonchev–Trinajstić information content (AvgIpc) is 2.12. The molecule has 82 valence electrons. The van der Waals surface area contributed by atoms with Crippen molar-refractivity contribution >= 4 is 23.7 Å². The van der Waals surface area contributed by atoms with Gasteiger partial charge in [-0.15, -0.1) is 12.6 Å². The SMILES string of the molecule is O=C(O)[C@@H](O)[C@@H](O)[C@H](O)[C@@H](O)C(=O)S. The summed E-state index contributed by atoms with van der Waals surface area (Å²) < 4.78 is 0. The zero-order chi connectivity index (χ0) is 11.5. The first-order valence-electron chi connectivity index (χ1n) is 3.47. The molecule has 14 heavy (non-hydrogen) atoms.